The molecule has 1 aliphatic carbocycles. The van der Waals surface area contributed by atoms with Gasteiger partial charge in [-0.05, 0) is 32.9 Å². The third-order valence-corrected chi connectivity index (χ3v) is 3.80. The quantitative estimate of drug-likeness (QED) is 0.490. The molecule has 18 heavy (non-hydrogen) atoms. The van der Waals surface area contributed by atoms with Gasteiger partial charge < -0.3 is 22.1 Å². The molecular weight excluding hydrogens is 228 g/mol. The van der Waals surface area contributed by atoms with Gasteiger partial charge in [0.25, 0.3) is 0 Å². The van der Waals surface area contributed by atoms with Gasteiger partial charge in [0.2, 0.25) is 5.96 Å². The number of aliphatic imine (C=N–C) groups is 2. The first-order chi connectivity index (χ1) is 8.35. The van der Waals surface area contributed by atoms with E-state index in [1.54, 1.807) is 0 Å². The molecule has 6 nitrogen and oxygen atoms in total. The Morgan fingerprint density at radius 2 is 2.00 bits per heavy atom. The van der Waals surface area contributed by atoms with Crippen molar-refractivity contribution in [3.05, 3.63) is 0 Å². The number of nitrogens with two attached hydrogens (primary N) is 3. The number of likely N-dealkylation sites (N-methyl/N-ethyl adjacent to an activating group) is 1. The Bertz CT molecular complexity index is 331. The smallest absolute Gasteiger partial charge is 0.218 e. The minimum atomic E-state index is -0.0489. The maximum atomic E-state index is 5.67. The van der Waals surface area contributed by atoms with Gasteiger partial charge in [-0.25, -0.2) is 4.99 Å². The van der Waals surface area contributed by atoms with Crippen molar-refractivity contribution in [1.29, 1.82) is 0 Å². The highest BCUT2D eigenvalue weighted by atomic mass is 15.2. The molecule has 6 heteroatoms. The minimum Gasteiger partial charge on any atom is -0.370 e. The standard InChI is InChI=1S/C12H26N6/c1-9-5-4-6-12(7-9,18(2)3)8-16-11(15)17-10(13)14/h9H,4-8H2,1-3H3,(H6,13,14,15,16,17). The average Bonchev–Trinajstić information content (AvgIpc) is 2.25. The van der Waals surface area contributed by atoms with Crippen molar-refractivity contribution >= 4 is 11.9 Å². The summed E-state index contributed by atoms with van der Waals surface area (Å²) < 4.78 is 0. The number of hydrogen-bond acceptors (Lipinski definition) is 2. The van der Waals surface area contributed by atoms with E-state index in [1.807, 2.05) is 0 Å². The van der Waals surface area contributed by atoms with Crippen LogP contribution in [0.3, 0.4) is 0 Å². The second-order valence-electron chi connectivity index (χ2n) is 5.53. The van der Waals surface area contributed by atoms with E-state index in [2.05, 4.69) is 35.9 Å². The average molecular weight is 254 g/mol. The lowest BCUT2D eigenvalue weighted by Crippen LogP contribution is -2.50. The fourth-order valence-electron chi connectivity index (χ4n) is 2.72. The summed E-state index contributed by atoms with van der Waals surface area (Å²) in [5.41, 5.74) is 16.3. The highest BCUT2D eigenvalue weighted by molar-refractivity contribution is 5.92. The molecule has 2 atom stereocenters. The van der Waals surface area contributed by atoms with Crippen LogP contribution in [-0.2, 0) is 0 Å². The molecule has 1 saturated carbocycles. The summed E-state index contributed by atoms with van der Waals surface area (Å²) in [6.45, 7) is 2.94. The molecule has 0 spiro atoms. The Kier molecular flexibility index (Phi) is 4.95. The van der Waals surface area contributed by atoms with Crippen LogP contribution in [0.25, 0.3) is 0 Å². The summed E-state index contributed by atoms with van der Waals surface area (Å²) in [6, 6.07) is 0. The number of guanidine groups is 2. The molecule has 0 bridgehead atoms. The van der Waals surface area contributed by atoms with Gasteiger partial charge in [0.05, 0.1) is 6.54 Å². The SMILES string of the molecule is CC1CCCC(CN=C(N)N=C(N)N)(N(C)C)C1. The Morgan fingerprint density at radius 3 is 2.50 bits per heavy atom. The summed E-state index contributed by atoms with van der Waals surface area (Å²) >= 11 is 0. The maximum Gasteiger partial charge on any atom is 0.218 e. The van der Waals surface area contributed by atoms with Crippen LogP contribution in [-0.4, -0.2) is 43.0 Å². The van der Waals surface area contributed by atoms with Gasteiger partial charge in [-0.15, -0.1) is 0 Å². The molecule has 0 aromatic carbocycles. The van der Waals surface area contributed by atoms with Crippen LogP contribution >= 0.6 is 0 Å². The van der Waals surface area contributed by atoms with E-state index in [4.69, 9.17) is 17.2 Å². The Hall–Kier alpha value is -1.30. The minimum absolute atomic E-state index is 0.0489. The van der Waals surface area contributed by atoms with Crippen molar-refractivity contribution in [2.24, 2.45) is 33.1 Å². The predicted molar refractivity (Wildman–Crippen MR) is 76.3 cm³/mol. The van der Waals surface area contributed by atoms with Crippen molar-refractivity contribution in [3.63, 3.8) is 0 Å². The van der Waals surface area contributed by atoms with Crippen molar-refractivity contribution < 1.29 is 0 Å². The number of rotatable bonds is 3. The van der Waals surface area contributed by atoms with Crippen LogP contribution in [0, 0.1) is 5.92 Å². The van der Waals surface area contributed by atoms with Crippen LogP contribution in [0.1, 0.15) is 32.6 Å². The molecule has 0 saturated heterocycles. The van der Waals surface area contributed by atoms with Crippen LogP contribution in [0.4, 0.5) is 0 Å². The van der Waals surface area contributed by atoms with Gasteiger partial charge in [0.1, 0.15) is 0 Å². The van der Waals surface area contributed by atoms with Crippen LogP contribution in [0.15, 0.2) is 9.98 Å². The molecule has 0 aromatic heterocycles. The molecule has 0 amide bonds. The first kappa shape index (κ1) is 14.8. The highest BCUT2D eigenvalue weighted by Crippen LogP contribution is 2.35. The fourth-order valence-corrected chi connectivity index (χ4v) is 2.72. The zero-order valence-electron chi connectivity index (χ0n) is 11.7. The summed E-state index contributed by atoms with van der Waals surface area (Å²) in [4.78, 5) is 10.3. The third kappa shape index (κ3) is 3.87. The van der Waals surface area contributed by atoms with Gasteiger partial charge in [-0.2, -0.15) is 4.99 Å². The molecule has 0 heterocycles. The first-order valence-electron chi connectivity index (χ1n) is 6.43. The zero-order chi connectivity index (χ0) is 13.8. The normalized spacial score (nSPS) is 29.3. The number of hydrogen-bond donors (Lipinski definition) is 3. The maximum absolute atomic E-state index is 5.67. The molecule has 1 fully saturated rings. The molecule has 1 aliphatic rings. The second-order valence-corrected chi connectivity index (χ2v) is 5.53. The van der Waals surface area contributed by atoms with Gasteiger partial charge in [-0.1, -0.05) is 19.8 Å². The van der Waals surface area contributed by atoms with Crippen LogP contribution < -0.4 is 17.2 Å². The van der Waals surface area contributed by atoms with E-state index in [-0.39, 0.29) is 17.5 Å². The van der Waals surface area contributed by atoms with E-state index in [1.165, 1.54) is 12.8 Å². The van der Waals surface area contributed by atoms with E-state index in [0.29, 0.717) is 6.54 Å². The van der Waals surface area contributed by atoms with Gasteiger partial charge in [-0.3, -0.25) is 0 Å². The zero-order valence-corrected chi connectivity index (χ0v) is 11.7. The Labute approximate surface area is 109 Å². The lowest BCUT2D eigenvalue weighted by Gasteiger charge is -2.44. The Balaban J connectivity index is 2.78. The lowest BCUT2D eigenvalue weighted by molar-refractivity contribution is 0.0846. The molecule has 0 aromatic rings. The van der Waals surface area contributed by atoms with Crippen LogP contribution in [0.2, 0.25) is 0 Å². The first-order valence-corrected chi connectivity index (χ1v) is 6.43. The fraction of sp³-hybridized carbons (Fsp3) is 0.833. The largest absolute Gasteiger partial charge is 0.370 e. The van der Waals surface area contributed by atoms with E-state index in [0.717, 1.165) is 18.8 Å². The van der Waals surface area contributed by atoms with E-state index < -0.39 is 0 Å². The molecule has 1 rings (SSSR count). The van der Waals surface area contributed by atoms with Crippen molar-refractivity contribution in [2.45, 2.75) is 38.1 Å². The second kappa shape index (κ2) is 6.04. The molecular formula is C12H26N6. The van der Waals surface area contributed by atoms with Gasteiger partial charge >= 0.3 is 0 Å². The summed E-state index contributed by atoms with van der Waals surface area (Å²) in [5.74, 6) is 0.835. The van der Waals surface area contributed by atoms with Crippen LogP contribution in [0.5, 0.6) is 0 Å². The molecule has 6 N–H and O–H groups in total. The molecule has 0 aliphatic heterocycles. The molecule has 2 unspecified atom stereocenters. The van der Waals surface area contributed by atoms with E-state index in [9.17, 15) is 0 Å². The monoisotopic (exact) mass is 254 g/mol. The van der Waals surface area contributed by atoms with Gasteiger partial charge in [0.15, 0.2) is 5.96 Å². The lowest BCUT2D eigenvalue weighted by atomic mass is 9.75. The summed E-state index contributed by atoms with van der Waals surface area (Å²) in [7, 11) is 4.20. The molecule has 0 radical (unpaired) electrons. The Morgan fingerprint density at radius 1 is 1.33 bits per heavy atom. The highest BCUT2D eigenvalue weighted by Gasteiger charge is 2.36. The third-order valence-electron chi connectivity index (χ3n) is 3.80. The van der Waals surface area contributed by atoms with Crippen molar-refractivity contribution in [2.75, 3.05) is 20.6 Å². The predicted octanol–water partition coefficient (Wildman–Crippen LogP) is 0.0850. The summed E-state index contributed by atoms with van der Waals surface area (Å²) in [6.07, 6.45) is 4.81. The van der Waals surface area contributed by atoms with E-state index >= 15 is 0 Å². The van der Waals surface area contributed by atoms with Crippen molar-refractivity contribution in [3.8, 4) is 0 Å². The number of nitrogens with zero attached hydrogens (tertiary/aromatic N) is 3. The molecule has 104 valence electrons. The van der Waals surface area contributed by atoms with Crippen molar-refractivity contribution in [1.82, 2.24) is 4.90 Å². The van der Waals surface area contributed by atoms with Gasteiger partial charge in [0, 0.05) is 5.54 Å². The summed E-state index contributed by atoms with van der Waals surface area (Å²) in [5, 5.41) is 0. The topological polar surface area (TPSA) is 106 Å².